The Morgan fingerprint density at radius 1 is 1.03 bits per heavy atom. The minimum Gasteiger partial charge on any atom is -0.454 e. The summed E-state index contributed by atoms with van der Waals surface area (Å²) in [5.41, 5.74) is 2.62. The number of ether oxygens (including phenoxy) is 2. The van der Waals surface area contributed by atoms with Gasteiger partial charge in [0, 0.05) is 24.9 Å². The molecule has 2 N–H and O–H groups in total. The molecule has 7 nitrogen and oxygen atoms in total. The Kier molecular flexibility index (Phi) is 6.38. The van der Waals surface area contributed by atoms with E-state index >= 15 is 0 Å². The second-order valence-corrected chi connectivity index (χ2v) is 9.89. The topological polar surface area (TPSA) is 93.7 Å². The SMILES string of the molecule is Cc1ccc(S(=O)(=O)NCCC(=O)NCC(C)(C)c2ccc3c(c2)OCO3)cc1C. The average molecular weight is 433 g/mol. The highest BCUT2D eigenvalue weighted by atomic mass is 32.2. The van der Waals surface area contributed by atoms with Gasteiger partial charge in [-0.15, -0.1) is 0 Å². The number of benzene rings is 2. The van der Waals surface area contributed by atoms with E-state index in [1.54, 1.807) is 18.2 Å². The van der Waals surface area contributed by atoms with Crippen molar-refractivity contribution in [3.8, 4) is 11.5 Å². The highest BCUT2D eigenvalue weighted by Gasteiger charge is 2.25. The van der Waals surface area contributed by atoms with Crippen molar-refractivity contribution in [3.05, 3.63) is 53.1 Å². The molecule has 0 radical (unpaired) electrons. The Balaban J connectivity index is 1.50. The van der Waals surface area contributed by atoms with E-state index in [1.807, 2.05) is 45.9 Å². The number of amides is 1. The van der Waals surface area contributed by atoms with Crippen LogP contribution >= 0.6 is 0 Å². The lowest BCUT2D eigenvalue weighted by Gasteiger charge is -2.26. The Hall–Kier alpha value is -2.58. The summed E-state index contributed by atoms with van der Waals surface area (Å²) in [6.07, 6.45) is 0.0568. The van der Waals surface area contributed by atoms with Crippen LogP contribution in [0.3, 0.4) is 0 Å². The van der Waals surface area contributed by atoms with Crippen molar-refractivity contribution in [1.29, 1.82) is 0 Å². The van der Waals surface area contributed by atoms with Crippen molar-refractivity contribution in [2.24, 2.45) is 0 Å². The van der Waals surface area contributed by atoms with E-state index in [0.717, 1.165) is 22.4 Å². The first kappa shape index (κ1) is 22.1. The first-order valence-corrected chi connectivity index (χ1v) is 11.3. The molecule has 1 aliphatic rings. The number of nitrogens with one attached hydrogen (secondary N) is 2. The van der Waals surface area contributed by atoms with Crippen LogP contribution in [-0.4, -0.2) is 34.2 Å². The summed E-state index contributed by atoms with van der Waals surface area (Å²) in [5, 5.41) is 2.89. The van der Waals surface area contributed by atoms with Gasteiger partial charge in [0.05, 0.1) is 4.90 Å². The minimum atomic E-state index is -3.64. The fourth-order valence-corrected chi connectivity index (χ4v) is 4.21. The molecule has 30 heavy (non-hydrogen) atoms. The summed E-state index contributed by atoms with van der Waals surface area (Å²) in [6, 6.07) is 10.7. The zero-order valence-corrected chi connectivity index (χ0v) is 18.6. The van der Waals surface area contributed by atoms with Crippen molar-refractivity contribution in [3.63, 3.8) is 0 Å². The summed E-state index contributed by atoms with van der Waals surface area (Å²) in [6.45, 7) is 8.49. The van der Waals surface area contributed by atoms with Crippen LogP contribution in [0.2, 0.25) is 0 Å². The maximum absolute atomic E-state index is 12.4. The summed E-state index contributed by atoms with van der Waals surface area (Å²) < 4.78 is 38.1. The van der Waals surface area contributed by atoms with E-state index in [0.29, 0.717) is 12.3 Å². The number of carbonyl (C=O) groups is 1. The molecule has 0 aliphatic carbocycles. The molecule has 0 unspecified atom stereocenters. The van der Waals surface area contributed by atoms with Crippen molar-refractivity contribution < 1.29 is 22.7 Å². The van der Waals surface area contributed by atoms with Gasteiger partial charge in [0.1, 0.15) is 0 Å². The molecule has 2 aromatic carbocycles. The third kappa shape index (κ3) is 5.12. The van der Waals surface area contributed by atoms with Gasteiger partial charge in [-0.3, -0.25) is 4.79 Å². The number of sulfonamides is 1. The minimum absolute atomic E-state index is 0.0333. The molecule has 0 saturated heterocycles. The second kappa shape index (κ2) is 8.65. The maximum atomic E-state index is 12.4. The molecule has 0 saturated carbocycles. The van der Waals surface area contributed by atoms with Crippen molar-refractivity contribution in [1.82, 2.24) is 10.0 Å². The van der Waals surface area contributed by atoms with Crippen LogP contribution in [0.1, 0.15) is 37.0 Å². The largest absolute Gasteiger partial charge is 0.454 e. The van der Waals surface area contributed by atoms with Crippen LogP contribution in [0.25, 0.3) is 0 Å². The highest BCUT2D eigenvalue weighted by Crippen LogP contribution is 2.36. The number of fused-ring (bicyclic) bond motifs is 1. The molecule has 0 bridgehead atoms. The lowest BCUT2D eigenvalue weighted by molar-refractivity contribution is -0.121. The van der Waals surface area contributed by atoms with Gasteiger partial charge in [-0.1, -0.05) is 26.0 Å². The molecule has 162 valence electrons. The van der Waals surface area contributed by atoms with Crippen molar-refractivity contribution in [2.75, 3.05) is 19.9 Å². The quantitative estimate of drug-likeness (QED) is 0.669. The Morgan fingerprint density at radius 3 is 2.50 bits per heavy atom. The fraction of sp³-hybridized carbons (Fsp3) is 0.409. The monoisotopic (exact) mass is 432 g/mol. The van der Waals surface area contributed by atoms with E-state index in [-0.39, 0.29) is 36.0 Å². The van der Waals surface area contributed by atoms with Crippen LogP contribution < -0.4 is 19.5 Å². The van der Waals surface area contributed by atoms with Crippen molar-refractivity contribution >= 4 is 15.9 Å². The molecular weight excluding hydrogens is 404 g/mol. The maximum Gasteiger partial charge on any atom is 0.240 e. The predicted molar refractivity (Wildman–Crippen MR) is 114 cm³/mol. The second-order valence-electron chi connectivity index (χ2n) is 8.12. The zero-order valence-electron chi connectivity index (χ0n) is 17.7. The zero-order chi connectivity index (χ0) is 21.9. The standard InChI is InChI=1S/C22H28N2O5S/c1-15-5-7-18(11-16(15)2)30(26,27)24-10-9-21(25)23-13-22(3,4)17-6-8-19-20(12-17)29-14-28-19/h5-8,11-12,24H,9-10,13-14H2,1-4H3,(H,23,25). The first-order valence-electron chi connectivity index (χ1n) is 9.82. The molecule has 0 aromatic heterocycles. The number of rotatable bonds is 8. The molecule has 0 fully saturated rings. The van der Waals surface area contributed by atoms with Gasteiger partial charge in [-0.2, -0.15) is 0 Å². The van der Waals surface area contributed by atoms with Crippen LogP contribution in [0.5, 0.6) is 11.5 Å². The van der Waals surface area contributed by atoms with E-state index in [9.17, 15) is 13.2 Å². The Bertz CT molecular complexity index is 1050. The molecule has 8 heteroatoms. The number of hydrogen-bond acceptors (Lipinski definition) is 5. The Labute approximate surface area is 177 Å². The average Bonchev–Trinajstić information content (AvgIpc) is 3.16. The molecule has 1 aliphatic heterocycles. The molecule has 0 spiro atoms. The van der Waals surface area contributed by atoms with E-state index in [2.05, 4.69) is 10.0 Å². The van der Waals surface area contributed by atoms with Crippen LogP contribution in [-0.2, 0) is 20.2 Å². The van der Waals surface area contributed by atoms with E-state index in [1.165, 1.54) is 0 Å². The van der Waals surface area contributed by atoms with Gasteiger partial charge in [0.25, 0.3) is 0 Å². The summed E-state index contributed by atoms with van der Waals surface area (Å²) in [4.78, 5) is 12.4. The lowest BCUT2D eigenvalue weighted by Crippen LogP contribution is -2.38. The van der Waals surface area contributed by atoms with Crippen LogP contribution in [0, 0.1) is 13.8 Å². The van der Waals surface area contributed by atoms with Gasteiger partial charge in [-0.25, -0.2) is 13.1 Å². The molecule has 1 amide bonds. The smallest absolute Gasteiger partial charge is 0.240 e. The predicted octanol–water partition coefficient (Wildman–Crippen LogP) is 2.79. The number of aryl methyl sites for hydroxylation is 2. The third-order valence-electron chi connectivity index (χ3n) is 5.31. The first-order chi connectivity index (χ1) is 14.1. The van der Waals surface area contributed by atoms with Gasteiger partial charge >= 0.3 is 0 Å². The van der Waals surface area contributed by atoms with Gasteiger partial charge < -0.3 is 14.8 Å². The van der Waals surface area contributed by atoms with Crippen LogP contribution in [0.4, 0.5) is 0 Å². The van der Waals surface area contributed by atoms with E-state index < -0.39 is 10.0 Å². The van der Waals surface area contributed by atoms with Crippen LogP contribution in [0.15, 0.2) is 41.3 Å². The Morgan fingerprint density at radius 2 is 1.77 bits per heavy atom. The molecule has 0 atom stereocenters. The van der Waals surface area contributed by atoms with Crippen molar-refractivity contribution in [2.45, 2.75) is 44.4 Å². The van der Waals surface area contributed by atoms with Gasteiger partial charge in [0.2, 0.25) is 22.7 Å². The normalized spacial score (nSPS) is 13.3. The van der Waals surface area contributed by atoms with Gasteiger partial charge in [-0.05, 0) is 54.8 Å². The highest BCUT2D eigenvalue weighted by molar-refractivity contribution is 7.89. The molecular formula is C22H28N2O5S. The molecule has 2 aromatic rings. The van der Waals surface area contributed by atoms with E-state index in [4.69, 9.17) is 9.47 Å². The summed E-state index contributed by atoms with van der Waals surface area (Å²) >= 11 is 0. The molecule has 1 heterocycles. The lowest BCUT2D eigenvalue weighted by atomic mass is 9.84. The third-order valence-corrected chi connectivity index (χ3v) is 6.77. The molecule has 3 rings (SSSR count). The number of carbonyl (C=O) groups excluding carboxylic acids is 1. The summed E-state index contributed by atoms with van der Waals surface area (Å²) in [5.74, 6) is 1.20. The number of hydrogen-bond donors (Lipinski definition) is 2. The fourth-order valence-electron chi connectivity index (χ4n) is 3.09. The summed E-state index contributed by atoms with van der Waals surface area (Å²) in [7, 11) is -3.64. The van der Waals surface area contributed by atoms with Gasteiger partial charge in [0.15, 0.2) is 11.5 Å².